The number of benzene rings is 2. The number of carbonyl (C=O) groups excluding carboxylic acids is 2. The Morgan fingerprint density at radius 1 is 0.964 bits per heavy atom. The molecule has 0 N–H and O–H groups in total. The van der Waals surface area contributed by atoms with E-state index in [0.29, 0.717) is 5.76 Å². The summed E-state index contributed by atoms with van der Waals surface area (Å²) in [5, 5.41) is 0.904. The predicted octanol–water partition coefficient (Wildman–Crippen LogP) is 4.23. The maximum atomic E-state index is 13.2. The van der Waals surface area contributed by atoms with Crippen molar-refractivity contribution in [1.82, 2.24) is 0 Å². The van der Waals surface area contributed by atoms with Gasteiger partial charge in [0.25, 0.3) is 0 Å². The van der Waals surface area contributed by atoms with Crippen LogP contribution in [0.4, 0.5) is 0 Å². The van der Waals surface area contributed by atoms with Crippen molar-refractivity contribution in [3.8, 4) is 0 Å². The Bertz CT molecular complexity index is 1000. The van der Waals surface area contributed by atoms with Crippen LogP contribution in [-0.2, 0) is 25.5 Å². The van der Waals surface area contributed by atoms with Gasteiger partial charge < -0.3 is 13.9 Å². The predicted molar refractivity (Wildman–Crippen MR) is 104 cm³/mol. The van der Waals surface area contributed by atoms with Crippen molar-refractivity contribution < 1.29 is 23.5 Å². The molecule has 1 aliphatic rings. The second-order valence-electron chi connectivity index (χ2n) is 6.87. The number of rotatable bonds is 5. The van der Waals surface area contributed by atoms with Crippen LogP contribution < -0.4 is 0 Å². The van der Waals surface area contributed by atoms with E-state index in [2.05, 4.69) is 0 Å². The van der Waals surface area contributed by atoms with Crippen LogP contribution in [0.1, 0.15) is 36.7 Å². The van der Waals surface area contributed by atoms with E-state index in [0.717, 1.165) is 22.1 Å². The van der Waals surface area contributed by atoms with Crippen molar-refractivity contribution in [2.75, 3.05) is 13.2 Å². The molecule has 1 aromatic heterocycles. The number of hydrogen-bond donors (Lipinski definition) is 0. The van der Waals surface area contributed by atoms with Gasteiger partial charge in [-0.1, -0.05) is 48.5 Å². The molecule has 0 radical (unpaired) electrons. The lowest BCUT2D eigenvalue weighted by Gasteiger charge is -2.31. The molecule has 0 aliphatic heterocycles. The molecule has 3 aromatic rings. The zero-order chi connectivity index (χ0) is 19.7. The van der Waals surface area contributed by atoms with E-state index in [4.69, 9.17) is 13.9 Å². The first kappa shape index (κ1) is 18.3. The topological polar surface area (TPSA) is 65.7 Å². The van der Waals surface area contributed by atoms with E-state index in [-0.39, 0.29) is 19.6 Å². The van der Waals surface area contributed by atoms with Gasteiger partial charge in [0.1, 0.15) is 11.3 Å². The van der Waals surface area contributed by atoms with Crippen molar-refractivity contribution in [2.45, 2.75) is 26.2 Å². The average Bonchev–Trinajstić information content (AvgIpc) is 3.23. The Balaban J connectivity index is 1.99. The van der Waals surface area contributed by atoms with Crippen molar-refractivity contribution in [2.24, 2.45) is 5.41 Å². The van der Waals surface area contributed by atoms with Crippen LogP contribution in [0.25, 0.3) is 11.0 Å². The van der Waals surface area contributed by atoms with E-state index >= 15 is 0 Å². The molecule has 1 heterocycles. The fourth-order valence-electron chi connectivity index (χ4n) is 4.25. The molecule has 0 amide bonds. The minimum Gasteiger partial charge on any atom is -0.465 e. The van der Waals surface area contributed by atoms with Crippen LogP contribution >= 0.6 is 0 Å². The average molecular weight is 378 g/mol. The van der Waals surface area contributed by atoms with Gasteiger partial charge in [-0.25, -0.2) is 0 Å². The monoisotopic (exact) mass is 378 g/mol. The van der Waals surface area contributed by atoms with Crippen LogP contribution in [0.15, 0.2) is 59.0 Å². The highest BCUT2D eigenvalue weighted by Gasteiger charge is 2.62. The van der Waals surface area contributed by atoms with Crippen molar-refractivity contribution >= 4 is 22.9 Å². The van der Waals surface area contributed by atoms with Gasteiger partial charge in [-0.2, -0.15) is 0 Å². The summed E-state index contributed by atoms with van der Waals surface area (Å²) in [7, 11) is 0. The number of para-hydroxylation sites is 1. The maximum Gasteiger partial charge on any atom is 0.324 e. The van der Waals surface area contributed by atoms with Gasteiger partial charge in [0.05, 0.1) is 13.2 Å². The Kier molecular flexibility index (Phi) is 4.67. The molecule has 0 spiro atoms. The smallest absolute Gasteiger partial charge is 0.324 e. The lowest BCUT2D eigenvalue weighted by molar-refractivity contribution is -0.172. The lowest BCUT2D eigenvalue weighted by atomic mass is 9.72. The first-order valence-electron chi connectivity index (χ1n) is 9.53. The van der Waals surface area contributed by atoms with Gasteiger partial charge in [0, 0.05) is 23.3 Å². The quantitative estimate of drug-likeness (QED) is 0.491. The van der Waals surface area contributed by atoms with Crippen LogP contribution in [0.2, 0.25) is 0 Å². The van der Waals surface area contributed by atoms with E-state index in [9.17, 15) is 9.59 Å². The summed E-state index contributed by atoms with van der Waals surface area (Å²) in [6.45, 7) is 3.83. The van der Waals surface area contributed by atoms with Crippen molar-refractivity contribution in [3.63, 3.8) is 0 Å². The standard InChI is InChI=1S/C23H22O5/c1-3-26-21(24)23(22(25)27-4-2)14-18-19(16-12-8-9-13-17(16)28-18)20(23)15-10-6-5-7-11-15/h5-13,20H,3-4,14H2,1-2H3. The van der Waals surface area contributed by atoms with Crippen LogP contribution in [0.5, 0.6) is 0 Å². The fraction of sp³-hybridized carbons (Fsp3) is 0.304. The third-order valence-electron chi connectivity index (χ3n) is 5.34. The molecule has 1 atom stereocenters. The summed E-state index contributed by atoms with van der Waals surface area (Å²) in [5.41, 5.74) is 0.970. The molecule has 0 bridgehead atoms. The van der Waals surface area contributed by atoms with Gasteiger partial charge >= 0.3 is 11.9 Å². The maximum absolute atomic E-state index is 13.2. The number of ether oxygens (including phenoxy) is 2. The second kappa shape index (κ2) is 7.15. The number of furan rings is 1. The number of carbonyl (C=O) groups is 2. The third kappa shape index (κ3) is 2.61. The Hall–Kier alpha value is -3.08. The van der Waals surface area contributed by atoms with Crippen LogP contribution in [-0.4, -0.2) is 25.2 Å². The van der Waals surface area contributed by atoms with Crippen molar-refractivity contribution in [1.29, 1.82) is 0 Å². The number of fused-ring (bicyclic) bond motifs is 3. The minimum atomic E-state index is -1.49. The Morgan fingerprint density at radius 2 is 1.57 bits per heavy atom. The first-order valence-corrected chi connectivity index (χ1v) is 9.53. The molecule has 2 aromatic carbocycles. The molecular formula is C23H22O5. The fourth-order valence-corrected chi connectivity index (χ4v) is 4.25. The zero-order valence-corrected chi connectivity index (χ0v) is 15.9. The van der Waals surface area contributed by atoms with E-state index in [1.165, 1.54) is 0 Å². The molecule has 4 rings (SSSR count). The highest BCUT2D eigenvalue weighted by atomic mass is 16.6. The van der Waals surface area contributed by atoms with Gasteiger partial charge in [-0.15, -0.1) is 0 Å². The number of esters is 2. The van der Waals surface area contributed by atoms with Crippen LogP contribution in [0, 0.1) is 5.41 Å². The molecule has 144 valence electrons. The summed E-state index contributed by atoms with van der Waals surface area (Å²) < 4.78 is 16.8. The summed E-state index contributed by atoms with van der Waals surface area (Å²) in [5.74, 6) is -1.04. The summed E-state index contributed by atoms with van der Waals surface area (Å²) in [4.78, 5) is 26.4. The van der Waals surface area contributed by atoms with E-state index in [1.807, 2.05) is 54.6 Å². The summed E-state index contributed by atoms with van der Waals surface area (Å²) in [6, 6.07) is 17.2. The normalized spacial score (nSPS) is 17.3. The Morgan fingerprint density at radius 3 is 2.21 bits per heavy atom. The summed E-state index contributed by atoms with van der Waals surface area (Å²) >= 11 is 0. The molecule has 5 nitrogen and oxygen atoms in total. The second-order valence-corrected chi connectivity index (χ2v) is 6.87. The molecule has 0 saturated carbocycles. The molecule has 0 saturated heterocycles. The van der Waals surface area contributed by atoms with Gasteiger partial charge in [0.15, 0.2) is 5.41 Å². The molecule has 1 unspecified atom stereocenters. The SMILES string of the molecule is CCOC(=O)C1(C(=O)OCC)Cc2oc3ccccc3c2C1c1ccccc1. The highest BCUT2D eigenvalue weighted by molar-refractivity contribution is 6.04. The molecule has 1 aliphatic carbocycles. The third-order valence-corrected chi connectivity index (χ3v) is 5.34. The van der Waals surface area contributed by atoms with Crippen molar-refractivity contribution in [3.05, 3.63) is 71.5 Å². The van der Waals surface area contributed by atoms with Gasteiger partial charge in [-0.05, 0) is 25.5 Å². The zero-order valence-electron chi connectivity index (χ0n) is 15.9. The van der Waals surface area contributed by atoms with Crippen LogP contribution in [0.3, 0.4) is 0 Å². The molecular weight excluding hydrogens is 356 g/mol. The van der Waals surface area contributed by atoms with Gasteiger partial charge in [-0.3, -0.25) is 9.59 Å². The van der Waals surface area contributed by atoms with E-state index in [1.54, 1.807) is 13.8 Å². The minimum absolute atomic E-state index is 0.119. The number of hydrogen-bond acceptors (Lipinski definition) is 5. The molecule has 0 fully saturated rings. The Labute approximate surface area is 163 Å². The lowest BCUT2D eigenvalue weighted by Crippen LogP contribution is -2.46. The molecule has 5 heteroatoms. The summed E-state index contributed by atoms with van der Waals surface area (Å²) in [6.07, 6.45) is 0.119. The first-order chi connectivity index (χ1) is 13.6. The molecule has 28 heavy (non-hydrogen) atoms. The largest absolute Gasteiger partial charge is 0.465 e. The van der Waals surface area contributed by atoms with E-state index < -0.39 is 23.3 Å². The van der Waals surface area contributed by atoms with Gasteiger partial charge in [0.2, 0.25) is 0 Å². The highest BCUT2D eigenvalue weighted by Crippen LogP contribution is 2.55.